The highest BCUT2D eigenvalue weighted by molar-refractivity contribution is 5.73. The number of aromatic nitrogens is 2. The minimum absolute atomic E-state index is 0.462. The minimum atomic E-state index is 0.462. The highest BCUT2D eigenvalue weighted by Gasteiger charge is 2.13. The third-order valence-electron chi connectivity index (χ3n) is 2.95. The van der Waals surface area contributed by atoms with Crippen LogP contribution in [0.4, 0.5) is 5.69 Å². The summed E-state index contributed by atoms with van der Waals surface area (Å²) in [4.78, 5) is 4.37. The van der Waals surface area contributed by atoms with E-state index < -0.39 is 0 Å². The van der Waals surface area contributed by atoms with Gasteiger partial charge in [0.05, 0.1) is 7.11 Å². The van der Waals surface area contributed by atoms with Crippen LogP contribution in [0.15, 0.2) is 53.1 Å². The first-order chi connectivity index (χ1) is 9.78. The van der Waals surface area contributed by atoms with Crippen molar-refractivity contribution in [2.45, 2.75) is 0 Å². The van der Waals surface area contributed by atoms with Crippen LogP contribution in [0.5, 0.6) is 5.75 Å². The van der Waals surface area contributed by atoms with Crippen LogP contribution in [0.1, 0.15) is 0 Å². The van der Waals surface area contributed by atoms with Gasteiger partial charge in [-0.3, -0.25) is 0 Å². The van der Waals surface area contributed by atoms with Gasteiger partial charge in [0.1, 0.15) is 5.75 Å². The van der Waals surface area contributed by atoms with Crippen molar-refractivity contribution in [1.29, 1.82) is 0 Å². The van der Waals surface area contributed by atoms with Crippen LogP contribution in [0.25, 0.3) is 22.8 Å². The van der Waals surface area contributed by atoms with Gasteiger partial charge in [-0.25, -0.2) is 0 Å². The summed E-state index contributed by atoms with van der Waals surface area (Å²) in [5.74, 6) is 1.62. The first-order valence-corrected chi connectivity index (χ1v) is 6.11. The number of nitrogens with zero attached hydrogens (tertiary/aromatic N) is 2. The third kappa shape index (κ3) is 2.21. The van der Waals surface area contributed by atoms with E-state index in [1.807, 2.05) is 42.5 Å². The molecule has 2 aromatic carbocycles. The Kier molecular flexibility index (Phi) is 3.09. The van der Waals surface area contributed by atoms with Crippen LogP contribution in [-0.4, -0.2) is 17.3 Å². The first kappa shape index (κ1) is 12.2. The van der Waals surface area contributed by atoms with E-state index in [1.54, 1.807) is 13.2 Å². The molecule has 100 valence electrons. The quantitative estimate of drug-likeness (QED) is 0.738. The fourth-order valence-electron chi connectivity index (χ4n) is 1.90. The van der Waals surface area contributed by atoms with Crippen molar-refractivity contribution in [2.24, 2.45) is 0 Å². The molecule has 0 unspecified atom stereocenters. The molecule has 0 aliphatic heterocycles. The SMILES string of the molecule is COc1ccc(-c2noc(-c3ccccc3)n2)c(N)c1. The predicted octanol–water partition coefficient (Wildman–Crippen LogP) is 2.99. The summed E-state index contributed by atoms with van der Waals surface area (Å²) in [7, 11) is 1.59. The molecule has 0 aliphatic carbocycles. The van der Waals surface area contributed by atoms with Gasteiger partial charge in [-0.05, 0) is 24.3 Å². The standard InChI is InChI=1S/C15H13N3O2/c1-19-11-7-8-12(13(16)9-11)14-17-15(20-18-14)10-5-3-2-4-6-10/h2-9H,16H2,1H3. The Bertz CT molecular complexity index is 723. The van der Waals surface area contributed by atoms with E-state index in [0.717, 1.165) is 11.1 Å². The zero-order chi connectivity index (χ0) is 13.9. The number of nitrogens with two attached hydrogens (primary N) is 1. The summed E-state index contributed by atoms with van der Waals surface area (Å²) in [6.07, 6.45) is 0. The van der Waals surface area contributed by atoms with Gasteiger partial charge in [0, 0.05) is 22.9 Å². The van der Waals surface area contributed by atoms with Crippen LogP contribution >= 0.6 is 0 Å². The minimum Gasteiger partial charge on any atom is -0.497 e. The maximum atomic E-state index is 5.98. The average molecular weight is 267 g/mol. The van der Waals surface area contributed by atoms with Gasteiger partial charge in [0.25, 0.3) is 5.89 Å². The molecule has 5 nitrogen and oxygen atoms in total. The van der Waals surface area contributed by atoms with Gasteiger partial charge < -0.3 is 15.0 Å². The molecule has 0 saturated heterocycles. The van der Waals surface area contributed by atoms with E-state index in [4.69, 9.17) is 15.0 Å². The topological polar surface area (TPSA) is 74.2 Å². The molecule has 0 aliphatic rings. The van der Waals surface area contributed by atoms with Gasteiger partial charge in [0.15, 0.2) is 0 Å². The number of ether oxygens (including phenoxy) is 1. The molecule has 1 heterocycles. The first-order valence-electron chi connectivity index (χ1n) is 6.11. The fraction of sp³-hybridized carbons (Fsp3) is 0.0667. The molecule has 3 aromatic rings. The predicted molar refractivity (Wildman–Crippen MR) is 76.1 cm³/mol. The molecule has 20 heavy (non-hydrogen) atoms. The summed E-state index contributed by atoms with van der Waals surface area (Å²) in [5.41, 5.74) is 8.11. The molecule has 0 fully saturated rings. The van der Waals surface area contributed by atoms with Crippen molar-refractivity contribution in [2.75, 3.05) is 12.8 Å². The Morgan fingerprint density at radius 1 is 1.10 bits per heavy atom. The highest BCUT2D eigenvalue weighted by atomic mass is 16.5. The molecule has 0 saturated carbocycles. The van der Waals surface area contributed by atoms with E-state index in [1.165, 1.54) is 0 Å². The summed E-state index contributed by atoms with van der Waals surface area (Å²) < 4.78 is 10.4. The lowest BCUT2D eigenvalue weighted by Crippen LogP contribution is -1.93. The molecule has 0 spiro atoms. The number of nitrogen functional groups attached to an aromatic ring is 1. The van der Waals surface area contributed by atoms with Crippen molar-refractivity contribution in [3.8, 4) is 28.6 Å². The third-order valence-corrected chi connectivity index (χ3v) is 2.95. The monoisotopic (exact) mass is 267 g/mol. The van der Waals surface area contributed by atoms with Crippen LogP contribution in [0, 0.1) is 0 Å². The van der Waals surface area contributed by atoms with E-state index in [9.17, 15) is 0 Å². The summed E-state index contributed by atoms with van der Waals surface area (Å²) in [5, 5.41) is 3.97. The summed E-state index contributed by atoms with van der Waals surface area (Å²) >= 11 is 0. The smallest absolute Gasteiger partial charge is 0.258 e. The van der Waals surface area contributed by atoms with Crippen LogP contribution < -0.4 is 10.5 Å². The molecule has 0 amide bonds. The summed E-state index contributed by atoms with van der Waals surface area (Å²) in [6.45, 7) is 0. The van der Waals surface area contributed by atoms with Crippen LogP contribution in [0.3, 0.4) is 0 Å². The second kappa shape index (κ2) is 5.05. The number of anilines is 1. The van der Waals surface area contributed by atoms with E-state index in [0.29, 0.717) is 23.2 Å². The molecule has 1 aromatic heterocycles. The molecule has 0 bridgehead atoms. The Hall–Kier alpha value is -2.82. The number of methoxy groups -OCH3 is 1. The second-order valence-corrected chi connectivity index (χ2v) is 4.24. The largest absolute Gasteiger partial charge is 0.497 e. The maximum Gasteiger partial charge on any atom is 0.258 e. The Labute approximate surface area is 116 Å². The molecular weight excluding hydrogens is 254 g/mol. The van der Waals surface area contributed by atoms with Crippen LogP contribution in [-0.2, 0) is 0 Å². The molecular formula is C15H13N3O2. The zero-order valence-corrected chi connectivity index (χ0v) is 10.9. The number of rotatable bonds is 3. The fourth-order valence-corrected chi connectivity index (χ4v) is 1.90. The van der Waals surface area contributed by atoms with Crippen molar-refractivity contribution in [1.82, 2.24) is 10.1 Å². The second-order valence-electron chi connectivity index (χ2n) is 4.24. The lowest BCUT2D eigenvalue weighted by atomic mass is 10.1. The van der Waals surface area contributed by atoms with Crippen molar-refractivity contribution in [3.05, 3.63) is 48.5 Å². The number of benzene rings is 2. The van der Waals surface area contributed by atoms with E-state index in [2.05, 4.69) is 10.1 Å². The van der Waals surface area contributed by atoms with Crippen molar-refractivity contribution >= 4 is 5.69 Å². The Morgan fingerprint density at radius 3 is 2.60 bits per heavy atom. The zero-order valence-electron chi connectivity index (χ0n) is 10.9. The lowest BCUT2D eigenvalue weighted by Gasteiger charge is -2.03. The summed E-state index contributed by atoms with van der Waals surface area (Å²) in [6, 6.07) is 14.9. The molecule has 5 heteroatoms. The average Bonchev–Trinajstić information content (AvgIpc) is 2.97. The van der Waals surface area contributed by atoms with Gasteiger partial charge in [0.2, 0.25) is 5.82 Å². The van der Waals surface area contributed by atoms with Crippen LogP contribution in [0.2, 0.25) is 0 Å². The van der Waals surface area contributed by atoms with Gasteiger partial charge in [-0.15, -0.1) is 0 Å². The van der Waals surface area contributed by atoms with Gasteiger partial charge in [-0.2, -0.15) is 4.98 Å². The maximum absolute atomic E-state index is 5.98. The Morgan fingerprint density at radius 2 is 1.90 bits per heavy atom. The Balaban J connectivity index is 1.98. The van der Waals surface area contributed by atoms with Crippen molar-refractivity contribution < 1.29 is 9.26 Å². The molecule has 0 atom stereocenters. The number of hydrogen-bond acceptors (Lipinski definition) is 5. The van der Waals surface area contributed by atoms with Gasteiger partial charge >= 0.3 is 0 Å². The molecule has 0 radical (unpaired) electrons. The number of hydrogen-bond donors (Lipinski definition) is 1. The van der Waals surface area contributed by atoms with Gasteiger partial charge in [-0.1, -0.05) is 23.4 Å². The van der Waals surface area contributed by atoms with E-state index >= 15 is 0 Å². The van der Waals surface area contributed by atoms with E-state index in [-0.39, 0.29) is 0 Å². The highest BCUT2D eigenvalue weighted by Crippen LogP contribution is 2.28. The molecule has 2 N–H and O–H groups in total. The van der Waals surface area contributed by atoms with Crippen molar-refractivity contribution in [3.63, 3.8) is 0 Å². The molecule has 3 rings (SSSR count). The normalized spacial score (nSPS) is 10.4. The lowest BCUT2D eigenvalue weighted by molar-refractivity contribution is 0.415.